The first-order valence-corrected chi connectivity index (χ1v) is 7.83. The lowest BCUT2D eigenvalue weighted by atomic mass is 10.0. The quantitative estimate of drug-likeness (QED) is 0.773. The Morgan fingerprint density at radius 3 is 2.29 bits per heavy atom. The van der Waals surface area contributed by atoms with Gasteiger partial charge in [0.1, 0.15) is 5.69 Å². The molecule has 4 heteroatoms. The van der Waals surface area contributed by atoms with Gasteiger partial charge in [-0.2, -0.15) is 0 Å². The van der Waals surface area contributed by atoms with Crippen LogP contribution in [-0.2, 0) is 6.54 Å². The number of rotatable bonds is 5. The Bertz CT molecular complexity index is 690. The summed E-state index contributed by atoms with van der Waals surface area (Å²) in [6.45, 7) is 3.87. The maximum Gasteiger partial charge on any atom is 0.110 e. The molecule has 0 bridgehead atoms. The maximum atomic E-state index is 4.27. The molecule has 1 aromatic heterocycles. The first-order chi connectivity index (χ1) is 10.4. The third-order valence-electron chi connectivity index (χ3n) is 3.36. The molecular weight excluding hydrogens is 278 g/mol. The average Bonchev–Trinajstić information content (AvgIpc) is 3.02. The number of hydrogen-bond donors (Lipinski definition) is 1. The molecule has 3 nitrogen and oxygen atoms in total. The summed E-state index contributed by atoms with van der Waals surface area (Å²) in [6.07, 6.45) is 0. The molecule has 3 rings (SSSR count). The van der Waals surface area contributed by atoms with Gasteiger partial charge in [0.05, 0.1) is 4.88 Å². The largest absolute Gasteiger partial charge is 0.312 e. The molecule has 1 N–H and O–H groups in total. The Morgan fingerprint density at radius 2 is 1.57 bits per heavy atom. The zero-order valence-electron chi connectivity index (χ0n) is 11.9. The van der Waals surface area contributed by atoms with Gasteiger partial charge >= 0.3 is 0 Å². The summed E-state index contributed by atoms with van der Waals surface area (Å²) < 4.78 is 4.08. The van der Waals surface area contributed by atoms with Crippen molar-refractivity contribution in [2.75, 3.05) is 6.54 Å². The molecule has 0 radical (unpaired) electrons. The van der Waals surface area contributed by atoms with E-state index >= 15 is 0 Å². The molecule has 0 aliphatic rings. The van der Waals surface area contributed by atoms with Gasteiger partial charge in [-0.05, 0) is 29.2 Å². The van der Waals surface area contributed by atoms with Crippen LogP contribution in [0.25, 0.3) is 22.4 Å². The van der Waals surface area contributed by atoms with Crippen LogP contribution in [0, 0.1) is 0 Å². The predicted molar refractivity (Wildman–Crippen MR) is 88.2 cm³/mol. The van der Waals surface area contributed by atoms with Crippen LogP contribution >= 0.6 is 11.5 Å². The van der Waals surface area contributed by atoms with E-state index in [0.717, 1.165) is 24.3 Å². The summed E-state index contributed by atoms with van der Waals surface area (Å²) in [4.78, 5) is 1.18. The summed E-state index contributed by atoms with van der Waals surface area (Å²) >= 11 is 1.46. The van der Waals surface area contributed by atoms with Crippen LogP contribution in [0.2, 0.25) is 0 Å². The maximum absolute atomic E-state index is 4.27. The molecule has 0 unspecified atom stereocenters. The first-order valence-electron chi connectivity index (χ1n) is 7.06. The van der Waals surface area contributed by atoms with Crippen molar-refractivity contribution in [1.82, 2.24) is 14.9 Å². The van der Waals surface area contributed by atoms with Crippen LogP contribution in [0.15, 0.2) is 54.6 Å². The third-order valence-corrected chi connectivity index (χ3v) is 4.08. The Labute approximate surface area is 128 Å². The minimum Gasteiger partial charge on any atom is -0.312 e. The highest BCUT2D eigenvalue weighted by atomic mass is 32.1. The second-order valence-electron chi connectivity index (χ2n) is 4.77. The summed E-state index contributed by atoms with van der Waals surface area (Å²) in [5, 5.41) is 7.60. The minimum absolute atomic E-state index is 0.823. The van der Waals surface area contributed by atoms with Gasteiger partial charge in [-0.1, -0.05) is 66.0 Å². The zero-order chi connectivity index (χ0) is 14.5. The van der Waals surface area contributed by atoms with Gasteiger partial charge in [-0.25, -0.2) is 0 Å². The van der Waals surface area contributed by atoms with Crippen molar-refractivity contribution >= 4 is 11.5 Å². The van der Waals surface area contributed by atoms with Crippen LogP contribution in [0.1, 0.15) is 11.8 Å². The van der Waals surface area contributed by atoms with Crippen molar-refractivity contribution in [3.8, 4) is 22.4 Å². The zero-order valence-corrected chi connectivity index (χ0v) is 12.7. The van der Waals surface area contributed by atoms with Gasteiger partial charge in [0.2, 0.25) is 0 Å². The molecule has 21 heavy (non-hydrogen) atoms. The van der Waals surface area contributed by atoms with Crippen LogP contribution in [0.4, 0.5) is 0 Å². The normalized spacial score (nSPS) is 10.7. The molecule has 0 atom stereocenters. The van der Waals surface area contributed by atoms with E-state index in [1.54, 1.807) is 0 Å². The fourth-order valence-corrected chi connectivity index (χ4v) is 2.87. The molecule has 0 aliphatic heterocycles. The van der Waals surface area contributed by atoms with Gasteiger partial charge < -0.3 is 5.32 Å². The van der Waals surface area contributed by atoms with Crippen LogP contribution in [0.3, 0.4) is 0 Å². The second-order valence-corrected chi connectivity index (χ2v) is 5.61. The number of aromatic nitrogens is 2. The van der Waals surface area contributed by atoms with Crippen molar-refractivity contribution < 1.29 is 0 Å². The Balaban J connectivity index is 1.86. The minimum atomic E-state index is 0.823. The Hall–Kier alpha value is -2.04. The van der Waals surface area contributed by atoms with Crippen molar-refractivity contribution in [3.05, 3.63) is 59.5 Å². The highest BCUT2D eigenvalue weighted by molar-refractivity contribution is 7.05. The van der Waals surface area contributed by atoms with Crippen molar-refractivity contribution in [3.63, 3.8) is 0 Å². The monoisotopic (exact) mass is 295 g/mol. The van der Waals surface area contributed by atoms with E-state index in [1.807, 2.05) is 6.07 Å². The lowest BCUT2D eigenvalue weighted by Crippen LogP contribution is -2.11. The lowest BCUT2D eigenvalue weighted by Gasteiger charge is -2.04. The van der Waals surface area contributed by atoms with E-state index < -0.39 is 0 Å². The van der Waals surface area contributed by atoms with Gasteiger partial charge in [0, 0.05) is 12.1 Å². The molecule has 106 valence electrons. The summed E-state index contributed by atoms with van der Waals surface area (Å²) in [7, 11) is 0. The predicted octanol–water partition coefficient (Wildman–Crippen LogP) is 3.98. The fourth-order valence-electron chi connectivity index (χ4n) is 2.23. The van der Waals surface area contributed by atoms with E-state index in [4.69, 9.17) is 0 Å². The van der Waals surface area contributed by atoms with E-state index in [0.29, 0.717) is 0 Å². The highest BCUT2D eigenvalue weighted by Crippen LogP contribution is 2.27. The van der Waals surface area contributed by atoms with Gasteiger partial charge in [-0.3, -0.25) is 0 Å². The molecule has 2 aromatic carbocycles. The summed E-state index contributed by atoms with van der Waals surface area (Å²) in [5.41, 5.74) is 4.56. The van der Waals surface area contributed by atoms with E-state index in [2.05, 4.69) is 70.4 Å². The van der Waals surface area contributed by atoms with E-state index in [-0.39, 0.29) is 0 Å². The average molecular weight is 295 g/mol. The van der Waals surface area contributed by atoms with Crippen LogP contribution in [-0.4, -0.2) is 16.1 Å². The molecule has 0 saturated carbocycles. The summed E-state index contributed by atoms with van der Waals surface area (Å²) in [6, 6.07) is 18.9. The number of hydrogen-bond acceptors (Lipinski definition) is 4. The standard InChI is InChI=1S/C17H17N3S/c1-2-18-12-16-17(19-20-21-16)15-10-8-14(9-11-15)13-6-4-3-5-7-13/h3-11,18H,2,12H2,1H3. The Morgan fingerprint density at radius 1 is 0.905 bits per heavy atom. The number of nitrogens with one attached hydrogen (secondary N) is 1. The molecule has 0 saturated heterocycles. The van der Waals surface area contributed by atoms with Gasteiger partial charge in [0.15, 0.2) is 0 Å². The third kappa shape index (κ3) is 3.17. The van der Waals surface area contributed by atoms with Crippen molar-refractivity contribution in [1.29, 1.82) is 0 Å². The topological polar surface area (TPSA) is 37.8 Å². The fraction of sp³-hybridized carbons (Fsp3) is 0.176. The molecule has 0 amide bonds. The van der Waals surface area contributed by atoms with Gasteiger partial charge in [-0.15, -0.1) is 5.10 Å². The Kier molecular flexibility index (Phi) is 4.38. The van der Waals surface area contributed by atoms with Crippen LogP contribution < -0.4 is 5.32 Å². The molecule has 0 spiro atoms. The molecular formula is C17H17N3S. The molecule has 0 aliphatic carbocycles. The van der Waals surface area contributed by atoms with Crippen LogP contribution in [0.5, 0.6) is 0 Å². The first kappa shape index (κ1) is 13.9. The van der Waals surface area contributed by atoms with E-state index in [9.17, 15) is 0 Å². The van der Waals surface area contributed by atoms with Gasteiger partial charge in [0.25, 0.3) is 0 Å². The number of nitrogens with zero attached hydrogens (tertiary/aromatic N) is 2. The van der Waals surface area contributed by atoms with E-state index in [1.165, 1.54) is 27.5 Å². The molecule has 1 heterocycles. The smallest absolute Gasteiger partial charge is 0.110 e. The number of benzene rings is 2. The highest BCUT2D eigenvalue weighted by Gasteiger charge is 2.10. The van der Waals surface area contributed by atoms with Crippen molar-refractivity contribution in [2.24, 2.45) is 0 Å². The second kappa shape index (κ2) is 6.61. The summed E-state index contributed by atoms with van der Waals surface area (Å²) in [5.74, 6) is 0. The lowest BCUT2D eigenvalue weighted by molar-refractivity contribution is 0.735. The van der Waals surface area contributed by atoms with Crippen molar-refractivity contribution in [2.45, 2.75) is 13.5 Å². The SMILES string of the molecule is CCNCc1snnc1-c1ccc(-c2ccccc2)cc1. The molecule has 0 fully saturated rings. The molecule has 3 aromatic rings.